The molecule has 0 saturated heterocycles. The van der Waals surface area contributed by atoms with Crippen LogP contribution in [0, 0.1) is 0 Å². The topological polar surface area (TPSA) is 59.3 Å². The van der Waals surface area contributed by atoms with Gasteiger partial charge in [0.15, 0.2) is 0 Å². The third-order valence-corrected chi connectivity index (χ3v) is 3.63. The van der Waals surface area contributed by atoms with Crippen molar-refractivity contribution in [2.24, 2.45) is 0 Å². The van der Waals surface area contributed by atoms with Gasteiger partial charge in [0, 0.05) is 0 Å². The van der Waals surface area contributed by atoms with E-state index in [1.807, 2.05) is 0 Å². The normalized spacial score (nSPS) is 10.2. The molecule has 1 amide bonds. The van der Waals surface area contributed by atoms with E-state index in [-0.39, 0.29) is 6.54 Å². The molecular formula is C11H8BrNO3S. The number of hydrogen-bond donors (Lipinski definition) is 1. The molecule has 6 heteroatoms. The maximum atomic E-state index is 11.7. The van der Waals surface area contributed by atoms with Crippen molar-refractivity contribution >= 4 is 39.0 Å². The Kier molecular flexibility index (Phi) is 3.75. The summed E-state index contributed by atoms with van der Waals surface area (Å²) in [5.41, 5.74) is 0. The third kappa shape index (κ3) is 3.04. The first-order valence-electron chi connectivity index (χ1n) is 4.77. The molecule has 17 heavy (non-hydrogen) atoms. The number of halogens is 1. The van der Waals surface area contributed by atoms with Crippen LogP contribution >= 0.6 is 27.3 Å². The Hall–Kier alpha value is -1.40. The van der Waals surface area contributed by atoms with E-state index >= 15 is 0 Å². The molecule has 0 aliphatic carbocycles. The van der Waals surface area contributed by atoms with Crippen LogP contribution in [0.4, 0.5) is 0 Å². The average Bonchev–Trinajstić information content (AvgIpc) is 2.95. The van der Waals surface area contributed by atoms with Crippen LogP contribution < -0.4 is 5.32 Å². The summed E-state index contributed by atoms with van der Waals surface area (Å²) in [5, 5.41) is 2.50. The van der Waals surface area contributed by atoms with Crippen LogP contribution in [0.15, 0.2) is 38.7 Å². The van der Waals surface area contributed by atoms with Gasteiger partial charge < -0.3 is 9.73 Å². The van der Waals surface area contributed by atoms with Crippen LogP contribution in [0.1, 0.15) is 15.4 Å². The number of amides is 1. The zero-order valence-electron chi connectivity index (χ0n) is 8.60. The molecule has 2 aromatic rings. The summed E-state index contributed by atoms with van der Waals surface area (Å²) >= 11 is 4.47. The quantitative estimate of drug-likeness (QED) is 0.697. The number of ketones is 1. The Bertz CT molecular complexity index is 533. The molecule has 0 spiro atoms. The number of furan rings is 1. The van der Waals surface area contributed by atoms with E-state index in [1.165, 1.54) is 17.6 Å². The molecule has 2 heterocycles. The van der Waals surface area contributed by atoms with Crippen molar-refractivity contribution in [2.45, 2.75) is 6.54 Å². The fourth-order valence-electron chi connectivity index (χ4n) is 1.21. The third-order valence-electron chi connectivity index (χ3n) is 2.01. The lowest BCUT2D eigenvalue weighted by molar-refractivity contribution is -0.117. The number of nitrogens with one attached hydrogen (secondary N) is 1. The molecule has 88 valence electrons. The van der Waals surface area contributed by atoms with Gasteiger partial charge >= 0.3 is 0 Å². The predicted octanol–water partition coefficient (Wildman–Crippen LogP) is 2.60. The van der Waals surface area contributed by atoms with Gasteiger partial charge in [-0.3, -0.25) is 9.59 Å². The molecule has 0 bridgehead atoms. The van der Waals surface area contributed by atoms with E-state index in [4.69, 9.17) is 4.42 Å². The lowest BCUT2D eigenvalue weighted by Gasteiger charge is -2.00. The van der Waals surface area contributed by atoms with Gasteiger partial charge in [-0.1, -0.05) is 0 Å². The highest BCUT2D eigenvalue weighted by Gasteiger charge is 2.17. The summed E-state index contributed by atoms with van der Waals surface area (Å²) in [6, 6.07) is 6.80. The molecule has 2 rings (SSSR count). The Morgan fingerprint density at radius 1 is 1.35 bits per heavy atom. The van der Waals surface area contributed by atoms with Crippen molar-refractivity contribution in [1.82, 2.24) is 5.32 Å². The zero-order chi connectivity index (χ0) is 12.3. The Balaban J connectivity index is 1.94. The lowest BCUT2D eigenvalue weighted by atomic mass is 10.3. The maximum Gasteiger partial charge on any atom is 0.293 e. The summed E-state index contributed by atoms with van der Waals surface area (Å²) in [6.45, 7) is 0.212. The zero-order valence-corrected chi connectivity index (χ0v) is 11.0. The smallest absolute Gasteiger partial charge is 0.293 e. The van der Waals surface area contributed by atoms with Crippen molar-refractivity contribution in [3.8, 4) is 0 Å². The van der Waals surface area contributed by atoms with Crippen molar-refractivity contribution in [1.29, 1.82) is 0 Å². The van der Waals surface area contributed by atoms with Crippen molar-refractivity contribution in [2.75, 3.05) is 0 Å². The van der Waals surface area contributed by atoms with Crippen LogP contribution in [0.25, 0.3) is 0 Å². The van der Waals surface area contributed by atoms with E-state index in [9.17, 15) is 9.59 Å². The highest BCUT2D eigenvalue weighted by Crippen LogP contribution is 2.22. The molecule has 4 nitrogen and oxygen atoms in total. The fourth-order valence-corrected chi connectivity index (χ4v) is 2.53. The first-order chi connectivity index (χ1) is 8.16. The van der Waals surface area contributed by atoms with E-state index in [0.29, 0.717) is 10.6 Å². The van der Waals surface area contributed by atoms with Gasteiger partial charge in [0.25, 0.3) is 11.7 Å². The van der Waals surface area contributed by atoms with Crippen LogP contribution in [-0.2, 0) is 11.3 Å². The summed E-state index contributed by atoms with van der Waals surface area (Å²) in [4.78, 5) is 23.6. The average molecular weight is 314 g/mol. The van der Waals surface area contributed by atoms with Crippen LogP contribution in [0.5, 0.6) is 0 Å². The Labute approximate surface area is 110 Å². The number of carbonyl (C=O) groups is 2. The van der Waals surface area contributed by atoms with Crippen LogP contribution in [-0.4, -0.2) is 11.7 Å². The minimum absolute atomic E-state index is 0.212. The number of hydrogen-bond acceptors (Lipinski definition) is 4. The second-order valence-electron chi connectivity index (χ2n) is 3.19. The summed E-state index contributed by atoms with van der Waals surface area (Å²) < 4.78 is 5.86. The second-order valence-corrected chi connectivity index (χ2v) is 5.66. The van der Waals surface area contributed by atoms with Gasteiger partial charge in [-0.15, -0.1) is 11.3 Å². The number of thiophene rings is 1. The van der Waals surface area contributed by atoms with Crippen LogP contribution in [0.3, 0.4) is 0 Å². The van der Waals surface area contributed by atoms with Gasteiger partial charge in [-0.05, 0) is 40.2 Å². The maximum absolute atomic E-state index is 11.7. The number of Topliss-reactive ketones (excluding diaryl/α,β-unsaturated/α-hetero) is 1. The fraction of sp³-hybridized carbons (Fsp3) is 0.0909. The van der Waals surface area contributed by atoms with Gasteiger partial charge in [0.05, 0.1) is 21.5 Å². The van der Waals surface area contributed by atoms with Crippen molar-refractivity contribution in [3.63, 3.8) is 0 Å². The molecular weight excluding hydrogens is 306 g/mol. The summed E-state index contributed by atoms with van der Waals surface area (Å²) in [6.07, 6.45) is 1.51. The molecule has 0 aliphatic rings. The number of carbonyl (C=O) groups excluding carboxylic acids is 2. The molecule has 0 saturated carbocycles. The molecule has 0 radical (unpaired) electrons. The minimum atomic E-state index is -0.629. The SMILES string of the molecule is O=C(NCc1ccco1)C(=O)c1ccc(Br)s1. The van der Waals surface area contributed by atoms with Gasteiger partial charge in [-0.25, -0.2) is 0 Å². The van der Waals surface area contributed by atoms with Gasteiger partial charge in [-0.2, -0.15) is 0 Å². The highest BCUT2D eigenvalue weighted by molar-refractivity contribution is 9.11. The number of rotatable bonds is 4. The van der Waals surface area contributed by atoms with Gasteiger partial charge in [0.1, 0.15) is 5.76 Å². The van der Waals surface area contributed by atoms with Gasteiger partial charge in [0.2, 0.25) is 0 Å². The second kappa shape index (κ2) is 5.29. The predicted molar refractivity (Wildman–Crippen MR) is 66.9 cm³/mol. The molecule has 0 aromatic carbocycles. The summed E-state index contributed by atoms with van der Waals surface area (Å²) in [5.74, 6) is -0.554. The van der Waals surface area contributed by atoms with Crippen molar-refractivity contribution in [3.05, 3.63) is 45.0 Å². The van der Waals surface area contributed by atoms with Crippen molar-refractivity contribution < 1.29 is 14.0 Å². The Morgan fingerprint density at radius 2 is 2.18 bits per heavy atom. The molecule has 0 atom stereocenters. The summed E-state index contributed by atoms with van der Waals surface area (Å²) in [7, 11) is 0. The van der Waals surface area contributed by atoms with E-state index in [0.717, 1.165) is 3.79 Å². The Morgan fingerprint density at radius 3 is 2.76 bits per heavy atom. The van der Waals surface area contributed by atoms with E-state index < -0.39 is 11.7 Å². The molecule has 0 aliphatic heterocycles. The first-order valence-corrected chi connectivity index (χ1v) is 6.38. The van der Waals surface area contributed by atoms with E-state index in [2.05, 4.69) is 21.2 Å². The molecule has 2 aromatic heterocycles. The standard InChI is InChI=1S/C11H8BrNO3S/c12-9-4-3-8(17-9)10(14)11(15)13-6-7-2-1-5-16-7/h1-5H,6H2,(H,13,15). The lowest BCUT2D eigenvalue weighted by Crippen LogP contribution is -2.29. The molecule has 0 fully saturated rings. The first kappa shape index (κ1) is 12.1. The minimum Gasteiger partial charge on any atom is -0.467 e. The molecule has 1 N–H and O–H groups in total. The highest BCUT2D eigenvalue weighted by atomic mass is 79.9. The monoisotopic (exact) mass is 313 g/mol. The van der Waals surface area contributed by atoms with Crippen LogP contribution in [0.2, 0.25) is 0 Å². The van der Waals surface area contributed by atoms with E-state index in [1.54, 1.807) is 24.3 Å². The molecule has 0 unspecified atom stereocenters. The largest absolute Gasteiger partial charge is 0.467 e.